The lowest BCUT2D eigenvalue weighted by molar-refractivity contribution is 0.102. The highest BCUT2D eigenvalue weighted by Crippen LogP contribution is 2.28. The molecule has 0 aliphatic carbocycles. The second kappa shape index (κ2) is 6.98. The summed E-state index contributed by atoms with van der Waals surface area (Å²) < 4.78 is 23.5. The predicted molar refractivity (Wildman–Crippen MR) is 111 cm³/mol. The quantitative estimate of drug-likeness (QED) is 0.539. The molecule has 0 saturated heterocycles. The van der Waals surface area contributed by atoms with Gasteiger partial charge in [-0.05, 0) is 47.5 Å². The van der Waals surface area contributed by atoms with Gasteiger partial charge in [0.2, 0.25) is 0 Å². The van der Waals surface area contributed by atoms with Crippen molar-refractivity contribution in [1.82, 2.24) is 4.98 Å². The summed E-state index contributed by atoms with van der Waals surface area (Å²) in [5.41, 5.74) is 3.60. The molecule has 0 radical (unpaired) electrons. The molecular weight excluding hydrogens is 372 g/mol. The van der Waals surface area contributed by atoms with E-state index in [1.807, 2.05) is 48.5 Å². The Morgan fingerprint density at radius 2 is 1.68 bits per heavy atom. The number of benzene rings is 3. The van der Waals surface area contributed by atoms with Gasteiger partial charge in [-0.25, -0.2) is 8.42 Å². The Labute approximate surface area is 163 Å². The molecule has 0 atom stereocenters. The van der Waals surface area contributed by atoms with Gasteiger partial charge in [0.15, 0.2) is 9.84 Å². The molecule has 1 amide bonds. The number of carbonyl (C=O) groups excluding carboxylic acids is 1. The number of hydrogen-bond donors (Lipinski definition) is 2. The first kappa shape index (κ1) is 18.0. The molecule has 0 aliphatic rings. The number of nitrogens with one attached hydrogen (secondary N) is 2. The molecule has 6 heteroatoms. The molecule has 1 heterocycles. The number of carbonyl (C=O) groups is 1. The van der Waals surface area contributed by atoms with Crippen molar-refractivity contribution in [2.75, 3.05) is 11.6 Å². The summed E-state index contributed by atoms with van der Waals surface area (Å²) in [5.74, 6) is -0.309. The second-order valence-corrected chi connectivity index (χ2v) is 8.60. The topological polar surface area (TPSA) is 79.0 Å². The summed E-state index contributed by atoms with van der Waals surface area (Å²) in [5, 5.41) is 3.74. The molecule has 4 rings (SSSR count). The first-order chi connectivity index (χ1) is 13.4. The normalized spacial score (nSPS) is 11.5. The van der Waals surface area contributed by atoms with E-state index in [1.165, 1.54) is 12.1 Å². The molecule has 0 aliphatic heterocycles. The van der Waals surface area contributed by atoms with Gasteiger partial charge in [-0.3, -0.25) is 4.79 Å². The average molecular weight is 390 g/mol. The van der Waals surface area contributed by atoms with Crippen LogP contribution in [0.25, 0.3) is 22.0 Å². The van der Waals surface area contributed by atoms with Gasteiger partial charge in [0.05, 0.1) is 16.0 Å². The first-order valence-electron chi connectivity index (χ1n) is 8.70. The van der Waals surface area contributed by atoms with Crippen molar-refractivity contribution in [3.8, 4) is 11.1 Å². The molecule has 0 bridgehead atoms. The maximum Gasteiger partial charge on any atom is 0.257 e. The third-order valence-electron chi connectivity index (χ3n) is 4.53. The van der Waals surface area contributed by atoms with Crippen LogP contribution in [-0.2, 0) is 9.84 Å². The molecule has 4 aromatic rings. The number of aromatic nitrogens is 1. The smallest absolute Gasteiger partial charge is 0.257 e. The number of fused-ring (bicyclic) bond motifs is 1. The van der Waals surface area contributed by atoms with Crippen LogP contribution < -0.4 is 5.32 Å². The molecule has 0 spiro atoms. The molecule has 5 nitrogen and oxygen atoms in total. The third kappa shape index (κ3) is 3.54. The van der Waals surface area contributed by atoms with Gasteiger partial charge in [-0.2, -0.15) is 0 Å². The van der Waals surface area contributed by atoms with Crippen LogP contribution in [0.1, 0.15) is 10.4 Å². The molecule has 0 fully saturated rings. The van der Waals surface area contributed by atoms with Crippen LogP contribution in [0.4, 0.5) is 5.69 Å². The van der Waals surface area contributed by atoms with E-state index in [9.17, 15) is 13.2 Å². The Hall–Kier alpha value is -3.38. The monoisotopic (exact) mass is 390 g/mol. The van der Waals surface area contributed by atoms with Crippen molar-refractivity contribution < 1.29 is 13.2 Å². The largest absolute Gasteiger partial charge is 0.361 e. The number of hydrogen-bond acceptors (Lipinski definition) is 3. The van der Waals surface area contributed by atoms with Crippen molar-refractivity contribution in [3.05, 3.63) is 84.6 Å². The summed E-state index contributed by atoms with van der Waals surface area (Å²) in [6.45, 7) is 0. The Morgan fingerprint density at radius 3 is 2.43 bits per heavy atom. The zero-order chi connectivity index (χ0) is 19.7. The van der Waals surface area contributed by atoms with E-state index in [-0.39, 0.29) is 10.8 Å². The van der Waals surface area contributed by atoms with Crippen molar-refractivity contribution in [3.63, 3.8) is 0 Å². The molecule has 1 aromatic heterocycles. The number of aromatic amines is 1. The molecule has 0 saturated carbocycles. The standard InChI is InChI=1S/C22H18N2O3S/c1-28(26,27)19-9-5-8-18(14-19)24-22(25)20-13-17(15-6-3-2-4-7-15)12-16-10-11-23-21(16)20/h2-14,23H,1H3,(H,24,25). The van der Waals surface area contributed by atoms with E-state index in [0.29, 0.717) is 11.3 Å². The summed E-state index contributed by atoms with van der Waals surface area (Å²) in [6, 6.07) is 21.9. The highest BCUT2D eigenvalue weighted by molar-refractivity contribution is 7.90. The molecule has 28 heavy (non-hydrogen) atoms. The van der Waals surface area contributed by atoms with E-state index < -0.39 is 9.84 Å². The van der Waals surface area contributed by atoms with Crippen LogP contribution in [-0.4, -0.2) is 25.6 Å². The third-order valence-corrected chi connectivity index (χ3v) is 5.64. The number of sulfone groups is 1. The summed E-state index contributed by atoms with van der Waals surface area (Å²) in [7, 11) is -3.35. The van der Waals surface area contributed by atoms with Crippen LogP contribution in [0.2, 0.25) is 0 Å². The van der Waals surface area contributed by atoms with E-state index in [4.69, 9.17) is 0 Å². The number of anilines is 1. The van der Waals surface area contributed by atoms with E-state index in [2.05, 4.69) is 10.3 Å². The zero-order valence-corrected chi connectivity index (χ0v) is 16.0. The first-order valence-corrected chi connectivity index (χ1v) is 10.6. The highest BCUT2D eigenvalue weighted by Gasteiger charge is 2.15. The second-order valence-electron chi connectivity index (χ2n) is 6.59. The Morgan fingerprint density at radius 1 is 0.893 bits per heavy atom. The molecule has 0 unspecified atom stereocenters. The van der Waals surface area contributed by atoms with Gasteiger partial charge in [-0.15, -0.1) is 0 Å². The van der Waals surface area contributed by atoms with Gasteiger partial charge in [-0.1, -0.05) is 36.4 Å². The lowest BCUT2D eigenvalue weighted by atomic mass is 10.00. The average Bonchev–Trinajstić information content (AvgIpc) is 3.16. The van der Waals surface area contributed by atoms with Gasteiger partial charge >= 0.3 is 0 Å². The van der Waals surface area contributed by atoms with Crippen molar-refractivity contribution in [2.24, 2.45) is 0 Å². The van der Waals surface area contributed by atoms with Crippen LogP contribution in [0.15, 0.2) is 83.9 Å². The minimum Gasteiger partial charge on any atom is -0.361 e. The Balaban J connectivity index is 1.74. The van der Waals surface area contributed by atoms with Gasteiger partial charge in [0, 0.05) is 23.5 Å². The Kier molecular flexibility index (Phi) is 4.49. The minimum absolute atomic E-state index is 0.161. The lowest BCUT2D eigenvalue weighted by Crippen LogP contribution is -2.13. The lowest BCUT2D eigenvalue weighted by Gasteiger charge is -2.10. The summed E-state index contributed by atoms with van der Waals surface area (Å²) in [6.07, 6.45) is 2.93. The van der Waals surface area contributed by atoms with Crippen molar-refractivity contribution in [2.45, 2.75) is 4.90 Å². The van der Waals surface area contributed by atoms with Crippen LogP contribution in [0.3, 0.4) is 0 Å². The van der Waals surface area contributed by atoms with E-state index in [1.54, 1.807) is 18.3 Å². The fourth-order valence-electron chi connectivity index (χ4n) is 3.15. The van der Waals surface area contributed by atoms with Gasteiger partial charge in [0.1, 0.15) is 0 Å². The van der Waals surface area contributed by atoms with E-state index in [0.717, 1.165) is 28.3 Å². The number of H-pyrrole nitrogens is 1. The predicted octanol–water partition coefficient (Wildman–Crippen LogP) is 4.49. The fourth-order valence-corrected chi connectivity index (χ4v) is 3.82. The van der Waals surface area contributed by atoms with E-state index >= 15 is 0 Å². The highest BCUT2D eigenvalue weighted by atomic mass is 32.2. The Bertz CT molecular complexity index is 1280. The fraction of sp³-hybridized carbons (Fsp3) is 0.0455. The molecular formula is C22H18N2O3S. The molecule has 140 valence electrons. The zero-order valence-electron chi connectivity index (χ0n) is 15.1. The molecule has 2 N–H and O–H groups in total. The minimum atomic E-state index is -3.35. The SMILES string of the molecule is CS(=O)(=O)c1cccc(NC(=O)c2cc(-c3ccccc3)cc3cc[nH]c23)c1. The van der Waals surface area contributed by atoms with Crippen LogP contribution in [0.5, 0.6) is 0 Å². The summed E-state index contributed by atoms with van der Waals surface area (Å²) >= 11 is 0. The van der Waals surface area contributed by atoms with Crippen molar-refractivity contribution in [1.29, 1.82) is 0 Å². The van der Waals surface area contributed by atoms with Crippen LogP contribution in [0, 0.1) is 0 Å². The maximum absolute atomic E-state index is 13.0. The summed E-state index contributed by atoms with van der Waals surface area (Å²) in [4.78, 5) is 16.3. The maximum atomic E-state index is 13.0. The van der Waals surface area contributed by atoms with Crippen molar-refractivity contribution >= 4 is 32.3 Å². The number of amides is 1. The van der Waals surface area contributed by atoms with Gasteiger partial charge < -0.3 is 10.3 Å². The van der Waals surface area contributed by atoms with Crippen LogP contribution >= 0.6 is 0 Å². The van der Waals surface area contributed by atoms with Gasteiger partial charge in [0.25, 0.3) is 5.91 Å². The number of rotatable bonds is 4. The molecule has 3 aromatic carbocycles.